The summed E-state index contributed by atoms with van der Waals surface area (Å²) in [5.41, 5.74) is 9.34. The van der Waals surface area contributed by atoms with Gasteiger partial charge in [-0.3, -0.25) is 9.20 Å². The van der Waals surface area contributed by atoms with Gasteiger partial charge in [0.05, 0.1) is 16.8 Å². The number of thiophene rings is 1. The minimum atomic E-state index is -0.832. The Balaban J connectivity index is 1.69. The Morgan fingerprint density at radius 1 is 1.21 bits per heavy atom. The number of hydrogen-bond donors (Lipinski definition) is 1. The topological polar surface area (TPSA) is 76.5 Å². The van der Waals surface area contributed by atoms with Gasteiger partial charge < -0.3 is 10.6 Å². The lowest BCUT2D eigenvalue weighted by molar-refractivity contribution is 0.0673. The molecule has 1 fully saturated rings. The van der Waals surface area contributed by atoms with Gasteiger partial charge in [0.2, 0.25) is 0 Å². The van der Waals surface area contributed by atoms with Gasteiger partial charge in [-0.25, -0.2) is 14.4 Å². The maximum atomic E-state index is 13.5. The quantitative estimate of drug-likeness (QED) is 0.541. The molecule has 0 unspecified atom stereocenters. The number of nitrogens with two attached hydrogens (primary N) is 1. The molecule has 1 aromatic carbocycles. The van der Waals surface area contributed by atoms with Crippen LogP contribution in [0.15, 0.2) is 36.5 Å². The number of hydrogen-bond acceptors (Lipinski definition) is 5. The van der Waals surface area contributed by atoms with Crippen LogP contribution >= 0.6 is 11.3 Å². The van der Waals surface area contributed by atoms with Crippen molar-refractivity contribution in [2.24, 2.45) is 0 Å². The van der Waals surface area contributed by atoms with Crippen LogP contribution in [0.4, 0.5) is 10.1 Å². The number of aryl methyl sites for hydroxylation is 1. The number of fused-ring (bicyclic) bond motifs is 3. The Morgan fingerprint density at radius 3 is 2.66 bits per heavy atom. The van der Waals surface area contributed by atoms with Crippen molar-refractivity contribution in [2.45, 2.75) is 25.9 Å². The van der Waals surface area contributed by atoms with E-state index in [0.29, 0.717) is 52.4 Å². The van der Waals surface area contributed by atoms with Crippen molar-refractivity contribution in [3.05, 3.63) is 47.1 Å². The number of halogens is 1. The molecule has 29 heavy (non-hydrogen) atoms. The second-order valence-corrected chi connectivity index (χ2v) is 8.37. The molecule has 0 spiro atoms. The number of amides is 1. The third kappa shape index (κ3) is 2.95. The minimum absolute atomic E-state index is 0.153. The number of nitrogen functional groups attached to an aromatic ring is 1. The van der Waals surface area contributed by atoms with Crippen molar-refractivity contribution >= 4 is 38.8 Å². The molecule has 0 bridgehead atoms. The summed E-state index contributed by atoms with van der Waals surface area (Å²) in [5, 5.41) is 0.700. The second kappa shape index (κ2) is 6.81. The summed E-state index contributed by atoms with van der Waals surface area (Å²) in [4.78, 5) is 25.4. The van der Waals surface area contributed by atoms with Crippen molar-refractivity contribution < 1.29 is 9.18 Å². The fraction of sp³-hybridized carbons (Fsp3) is 0.286. The van der Waals surface area contributed by atoms with Crippen molar-refractivity contribution in [1.82, 2.24) is 19.3 Å². The highest BCUT2D eigenvalue weighted by atomic mass is 32.1. The zero-order valence-corrected chi connectivity index (χ0v) is 16.7. The van der Waals surface area contributed by atoms with Crippen LogP contribution in [0, 0.1) is 6.92 Å². The van der Waals surface area contributed by atoms with E-state index in [1.165, 1.54) is 11.3 Å². The average Bonchev–Trinajstić information content (AvgIpc) is 3.27. The molecule has 0 aliphatic carbocycles. The van der Waals surface area contributed by atoms with E-state index in [1.807, 2.05) is 47.9 Å². The van der Waals surface area contributed by atoms with E-state index >= 15 is 0 Å². The lowest BCUT2D eigenvalue weighted by Gasteiger charge is -2.28. The normalized spacial score (nSPS) is 15.4. The van der Waals surface area contributed by atoms with E-state index in [0.717, 1.165) is 17.1 Å². The summed E-state index contributed by atoms with van der Waals surface area (Å²) < 4.78 is 15.4. The Kier molecular flexibility index (Phi) is 4.24. The molecule has 4 heterocycles. The summed E-state index contributed by atoms with van der Waals surface area (Å²) >= 11 is 1.28. The van der Waals surface area contributed by atoms with Crippen LogP contribution in [0.5, 0.6) is 0 Å². The molecular weight excluding hydrogens is 389 g/mol. The standard InChI is InChI=1S/C21H20FN5OS/c1-12-11-27-18(13-5-3-2-4-6-13)25-20-15(19(27)24-12)16(23)17(29-20)21(28)26-9-7-14(22)8-10-26/h2-6,11,14H,7-10,23H2,1H3. The number of aromatic nitrogens is 3. The smallest absolute Gasteiger partial charge is 0.266 e. The number of alkyl halides is 1. The van der Waals surface area contributed by atoms with Crippen molar-refractivity contribution in [3.63, 3.8) is 0 Å². The Hall–Kier alpha value is -3.00. The average molecular weight is 409 g/mol. The Morgan fingerprint density at radius 2 is 1.93 bits per heavy atom. The highest BCUT2D eigenvalue weighted by Gasteiger charge is 2.28. The molecule has 4 aromatic rings. The van der Waals surface area contributed by atoms with Gasteiger partial charge in [-0.05, 0) is 19.8 Å². The first kappa shape index (κ1) is 18.1. The molecule has 1 saturated heterocycles. The molecule has 148 valence electrons. The SMILES string of the molecule is Cc1cn2c(-c3ccccc3)nc3sc(C(=O)N4CCC(F)CC4)c(N)c3c2n1. The first-order chi connectivity index (χ1) is 14.0. The molecule has 5 rings (SSSR count). The van der Waals surface area contributed by atoms with E-state index in [1.54, 1.807) is 4.90 Å². The molecule has 0 atom stereocenters. The van der Waals surface area contributed by atoms with Gasteiger partial charge in [0.15, 0.2) is 5.65 Å². The molecule has 2 N–H and O–H groups in total. The third-order valence-corrected chi connectivity index (χ3v) is 6.44. The number of carbonyl (C=O) groups is 1. The first-order valence-electron chi connectivity index (χ1n) is 9.59. The first-order valence-corrected chi connectivity index (χ1v) is 10.4. The van der Waals surface area contributed by atoms with Crippen LogP contribution in [-0.4, -0.2) is 44.4 Å². The van der Waals surface area contributed by atoms with Gasteiger partial charge in [0.1, 0.15) is 21.7 Å². The molecule has 1 aliphatic rings. The van der Waals surface area contributed by atoms with Crippen LogP contribution in [0.1, 0.15) is 28.2 Å². The Labute approximate surface area is 170 Å². The number of benzene rings is 1. The van der Waals surface area contributed by atoms with Crippen LogP contribution in [-0.2, 0) is 0 Å². The lowest BCUT2D eigenvalue weighted by Crippen LogP contribution is -2.38. The van der Waals surface area contributed by atoms with Gasteiger partial charge in [0, 0.05) is 24.8 Å². The maximum Gasteiger partial charge on any atom is 0.266 e. The summed E-state index contributed by atoms with van der Waals surface area (Å²) in [6.07, 6.45) is 1.84. The molecule has 8 heteroatoms. The highest BCUT2D eigenvalue weighted by molar-refractivity contribution is 7.21. The second-order valence-electron chi connectivity index (χ2n) is 7.37. The predicted molar refractivity (Wildman–Crippen MR) is 113 cm³/mol. The summed E-state index contributed by atoms with van der Waals surface area (Å²) in [6.45, 7) is 2.74. The van der Waals surface area contributed by atoms with E-state index in [9.17, 15) is 9.18 Å². The molecule has 6 nitrogen and oxygen atoms in total. The maximum absolute atomic E-state index is 13.5. The van der Waals surface area contributed by atoms with Crippen LogP contribution in [0.2, 0.25) is 0 Å². The minimum Gasteiger partial charge on any atom is -0.397 e. The molecule has 1 amide bonds. The lowest BCUT2D eigenvalue weighted by atomic mass is 10.1. The number of nitrogens with zero attached hydrogens (tertiary/aromatic N) is 4. The van der Waals surface area contributed by atoms with E-state index in [-0.39, 0.29) is 5.91 Å². The van der Waals surface area contributed by atoms with E-state index in [2.05, 4.69) is 4.98 Å². The fourth-order valence-corrected chi connectivity index (χ4v) is 4.91. The monoisotopic (exact) mass is 409 g/mol. The zero-order chi connectivity index (χ0) is 20.1. The van der Waals surface area contributed by atoms with Gasteiger partial charge >= 0.3 is 0 Å². The van der Waals surface area contributed by atoms with Crippen LogP contribution in [0.25, 0.3) is 27.3 Å². The molecule has 0 saturated carbocycles. The van der Waals surface area contributed by atoms with Gasteiger partial charge in [0.25, 0.3) is 5.91 Å². The van der Waals surface area contributed by atoms with Crippen molar-refractivity contribution in [1.29, 1.82) is 0 Å². The number of rotatable bonds is 2. The number of piperidine rings is 1. The predicted octanol–water partition coefficient (Wildman–Crippen LogP) is 4.08. The number of likely N-dealkylation sites (tertiary alicyclic amines) is 1. The summed E-state index contributed by atoms with van der Waals surface area (Å²) in [7, 11) is 0. The fourth-order valence-electron chi connectivity index (χ4n) is 3.86. The molecular formula is C21H20FN5OS. The molecule has 3 aromatic heterocycles. The number of carbonyl (C=O) groups excluding carboxylic acids is 1. The van der Waals surface area contributed by atoms with Gasteiger partial charge in [-0.15, -0.1) is 11.3 Å². The largest absolute Gasteiger partial charge is 0.397 e. The van der Waals surface area contributed by atoms with Gasteiger partial charge in [-0.2, -0.15) is 0 Å². The summed E-state index contributed by atoms with van der Waals surface area (Å²) in [5.74, 6) is 0.604. The third-order valence-electron chi connectivity index (χ3n) is 5.35. The molecule has 1 aliphatic heterocycles. The highest BCUT2D eigenvalue weighted by Crippen LogP contribution is 2.38. The van der Waals surface area contributed by atoms with Crippen molar-refractivity contribution in [2.75, 3.05) is 18.8 Å². The zero-order valence-electron chi connectivity index (χ0n) is 15.9. The number of anilines is 1. The Bertz CT molecular complexity index is 1220. The van der Waals surface area contributed by atoms with E-state index in [4.69, 9.17) is 10.7 Å². The van der Waals surface area contributed by atoms with Crippen LogP contribution < -0.4 is 5.73 Å². The summed E-state index contributed by atoms with van der Waals surface area (Å²) in [6, 6.07) is 9.87. The number of imidazole rings is 1. The van der Waals surface area contributed by atoms with Crippen molar-refractivity contribution in [3.8, 4) is 11.4 Å². The van der Waals surface area contributed by atoms with Gasteiger partial charge in [-0.1, -0.05) is 30.3 Å². The molecule has 0 radical (unpaired) electrons. The van der Waals surface area contributed by atoms with Crippen LogP contribution in [0.3, 0.4) is 0 Å². The van der Waals surface area contributed by atoms with E-state index < -0.39 is 6.17 Å².